The van der Waals surface area contributed by atoms with Gasteiger partial charge in [0.1, 0.15) is 11.2 Å². The molecule has 1 atom stereocenters. The molecule has 0 bridgehead atoms. The number of hydrogen-bond donors (Lipinski definition) is 0. The highest BCUT2D eigenvalue weighted by Gasteiger charge is 2.48. The largest absolute Gasteiger partial charge is 0.334 e. The van der Waals surface area contributed by atoms with Crippen LogP contribution in [0, 0.1) is 11.3 Å². The van der Waals surface area contributed by atoms with Gasteiger partial charge in [0.15, 0.2) is 0 Å². The normalized spacial score (nSPS) is 17.1. The molecule has 44 heavy (non-hydrogen) atoms. The average Bonchev–Trinajstić information content (AvgIpc) is 3.05. The van der Waals surface area contributed by atoms with E-state index >= 15 is 0 Å². The Kier molecular flexibility index (Phi) is 12.8. The minimum atomic E-state index is -0.973. The summed E-state index contributed by atoms with van der Waals surface area (Å²) >= 11 is 1.40. The van der Waals surface area contributed by atoms with Gasteiger partial charge in [-0.05, 0) is 48.6 Å². The quantitative estimate of drug-likeness (QED) is 0.244. The van der Waals surface area contributed by atoms with Crippen molar-refractivity contribution < 1.29 is 14.4 Å². The number of nitriles is 1. The van der Waals surface area contributed by atoms with Gasteiger partial charge in [-0.25, -0.2) is 0 Å². The second kappa shape index (κ2) is 16.5. The number of hydrogen-bond acceptors (Lipinski definition) is 5. The predicted molar refractivity (Wildman–Crippen MR) is 179 cm³/mol. The third kappa shape index (κ3) is 8.61. The van der Waals surface area contributed by atoms with Gasteiger partial charge >= 0.3 is 0 Å². The van der Waals surface area contributed by atoms with Crippen LogP contribution in [-0.4, -0.2) is 64.5 Å². The molecule has 1 aliphatic rings. The zero-order valence-corrected chi connectivity index (χ0v) is 27.1. The summed E-state index contributed by atoms with van der Waals surface area (Å²) in [5, 5.41) is 9.48. The molecule has 3 aromatic carbocycles. The number of benzene rings is 3. The van der Waals surface area contributed by atoms with E-state index in [0.717, 1.165) is 37.2 Å². The molecule has 0 aromatic heterocycles. The Balaban J connectivity index is 0.000000269. The number of likely N-dealkylation sites (N-methyl/N-ethyl adjacent to an activating group) is 2. The highest BCUT2D eigenvalue weighted by atomic mass is 32.2. The molecule has 1 aliphatic heterocycles. The molecule has 1 fully saturated rings. The first-order valence-corrected chi connectivity index (χ1v) is 15.9. The molecule has 230 valence electrons. The Hall–Kier alpha value is -4.35. The Morgan fingerprint density at radius 3 is 2.00 bits per heavy atom. The topological polar surface area (TPSA) is 84.7 Å². The molecule has 0 saturated carbocycles. The fourth-order valence-electron chi connectivity index (χ4n) is 5.02. The van der Waals surface area contributed by atoms with E-state index in [1.54, 1.807) is 51.4 Å². The number of rotatable bonds is 9. The van der Waals surface area contributed by atoms with E-state index in [-0.39, 0.29) is 22.8 Å². The van der Waals surface area contributed by atoms with Gasteiger partial charge in [-0.2, -0.15) is 5.26 Å². The summed E-state index contributed by atoms with van der Waals surface area (Å²) in [7, 11) is 3.26. The minimum absolute atomic E-state index is 0.158. The molecule has 1 unspecified atom stereocenters. The molecule has 1 heterocycles. The second-order valence-corrected chi connectivity index (χ2v) is 11.8. The fourth-order valence-corrected chi connectivity index (χ4v) is 5.86. The molecule has 1 saturated heterocycles. The van der Waals surface area contributed by atoms with E-state index in [9.17, 15) is 19.6 Å². The highest BCUT2D eigenvalue weighted by molar-refractivity contribution is 8.12. The lowest BCUT2D eigenvalue weighted by Gasteiger charge is -2.45. The lowest BCUT2D eigenvalue weighted by atomic mass is 9.87. The third-order valence-electron chi connectivity index (χ3n) is 7.61. The van der Waals surface area contributed by atoms with Crippen molar-refractivity contribution in [2.75, 3.05) is 27.2 Å². The molecule has 4 rings (SSSR count). The summed E-state index contributed by atoms with van der Waals surface area (Å²) in [4.78, 5) is 43.1. The highest BCUT2D eigenvalue weighted by Crippen LogP contribution is 2.31. The van der Waals surface area contributed by atoms with Crippen molar-refractivity contribution in [2.45, 2.75) is 51.3 Å². The van der Waals surface area contributed by atoms with E-state index in [1.165, 1.54) is 27.1 Å². The van der Waals surface area contributed by atoms with Gasteiger partial charge in [-0.15, -0.1) is 0 Å². The van der Waals surface area contributed by atoms with E-state index in [0.29, 0.717) is 17.5 Å². The molecule has 0 aliphatic carbocycles. The van der Waals surface area contributed by atoms with Crippen molar-refractivity contribution in [3.63, 3.8) is 0 Å². The van der Waals surface area contributed by atoms with Crippen LogP contribution in [0.1, 0.15) is 55.9 Å². The van der Waals surface area contributed by atoms with Crippen LogP contribution in [-0.2, 0) is 21.8 Å². The lowest BCUT2D eigenvalue weighted by molar-refractivity contribution is -0.155. The zero-order valence-electron chi connectivity index (χ0n) is 26.3. The van der Waals surface area contributed by atoms with E-state index in [2.05, 4.69) is 32.0 Å². The number of piperazine rings is 1. The van der Waals surface area contributed by atoms with Gasteiger partial charge in [0, 0.05) is 39.4 Å². The lowest BCUT2D eigenvalue weighted by Crippen LogP contribution is -2.64. The standard InChI is InChI=1S/C22H21N3O2.C14H21NOS/c1-22(14-16-9-5-4-6-10-16)21(27)24(2)19(20(26)25(22)3)13-17-11-7-8-12-18(17)15-23;1-3-10-15(11-4-2)14(16)17-12-13-8-6-5-7-9-13/h4-13H,14H2,1-3H3;5-9H,3-4,10-12H2,1-2H3/b19-13-;. The van der Waals surface area contributed by atoms with Crippen LogP contribution >= 0.6 is 11.8 Å². The Bertz CT molecular complexity index is 1480. The molecule has 7 nitrogen and oxygen atoms in total. The molecule has 0 spiro atoms. The number of carbonyl (C=O) groups is 3. The van der Waals surface area contributed by atoms with Crippen molar-refractivity contribution >= 4 is 34.9 Å². The number of thioether (sulfide) groups is 1. The van der Waals surface area contributed by atoms with Crippen molar-refractivity contribution in [3.05, 3.63) is 113 Å². The molecule has 0 N–H and O–H groups in total. The van der Waals surface area contributed by atoms with Gasteiger partial charge in [0.2, 0.25) is 0 Å². The number of amides is 3. The van der Waals surface area contributed by atoms with Crippen LogP contribution in [0.5, 0.6) is 0 Å². The van der Waals surface area contributed by atoms with Gasteiger partial charge in [0.05, 0.1) is 11.6 Å². The van der Waals surface area contributed by atoms with Crippen molar-refractivity contribution in [3.8, 4) is 6.07 Å². The Morgan fingerprint density at radius 2 is 1.43 bits per heavy atom. The Labute approximate surface area is 266 Å². The van der Waals surface area contributed by atoms with Crippen LogP contribution < -0.4 is 0 Å². The second-order valence-electron chi connectivity index (χ2n) is 10.9. The molecule has 0 radical (unpaired) electrons. The maximum absolute atomic E-state index is 13.2. The van der Waals surface area contributed by atoms with Crippen molar-refractivity contribution in [1.82, 2.24) is 14.7 Å². The third-order valence-corrected chi connectivity index (χ3v) is 8.59. The van der Waals surface area contributed by atoms with Gasteiger partial charge in [-0.3, -0.25) is 14.4 Å². The van der Waals surface area contributed by atoms with Crippen LogP contribution in [0.15, 0.2) is 90.6 Å². The van der Waals surface area contributed by atoms with Gasteiger partial charge in [-0.1, -0.05) is 104 Å². The van der Waals surface area contributed by atoms with E-state index in [1.807, 2.05) is 53.4 Å². The van der Waals surface area contributed by atoms with Crippen molar-refractivity contribution in [2.24, 2.45) is 0 Å². The summed E-state index contributed by atoms with van der Waals surface area (Å²) in [5.41, 5.74) is 2.55. The average molecular weight is 611 g/mol. The summed E-state index contributed by atoms with van der Waals surface area (Å²) in [6, 6.07) is 28.9. The number of carbonyl (C=O) groups excluding carboxylic acids is 3. The predicted octanol–water partition coefficient (Wildman–Crippen LogP) is 6.99. The van der Waals surface area contributed by atoms with Crippen LogP contribution in [0.3, 0.4) is 0 Å². The smallest absolute Gasteiger partial charge is 0.281 e. The molecule has 3 amide bonds. The van der Waals surface area contributed by atoms with Crippen LogP contribution in [0.2, 0.25) is 0 Å². The summed E-state index contributed by atoms with van der Waals surface area (Å²) in [6.45, 7) is 7.75. The maximum atomic E-state index is 13.2. The van der Waals surface area contributed by atoms with Gasteiger partial charge in [0.25, 0.3) is 17.1 Å². The minimum Gasteiger partial charge on any atom is -0.334 e. The monoisotopic (exact) mass is 610 g/mol. The van der Waals surface area contributed by atoms with E-state index in [4.69, 9.17) is 0 Å². The maximum Gasteiger partial charge on any atom is 0.281 e. The Morgan fingerprint density at radius 1 is 0.886 bits per heavy atom. The summed E-state index contributed by atoms with van der Waals surface area (Å²) < 4.78 is 0. The fraction of sp³-hybridized carbons (Fsp3) is 0.333. The first-order valence-electron chi connectivity index (χ1n) is 14.9. The van der Waals surface area contributed by atoms with E-state index < -0.39 is 5.54 Å². The molecular weight excluding hydrogens is 568 g/mol. The zero-order chi connectivity index (χ0) is 32.1. The van der Waals surface area contributed by atoms with Crippen LogP contribution in [0.25, 0.3) is 6.08 Å². The first-order chi connectivity index (χ1) is 21.2. The first kappa shape index (κ1) is 34.1. The SMILES string of the molecule is CCCN(CCC)C(=O)SCc1ccccc1.CN1C(=O)C(C)(Cc2ccccc2)N(C)C(=O)/C1=C/c1ccccc1C#N. The molecular formula is C36H42N4O3S. The van der Waals surface area contributed by atoms with Crippen LogP contribution in [0.4, 0.5) is 4.79 Å². The van der Waals surface area contributed by atoms with Gasteiger partial charge < -0.3 is 14.7 Å². The molecule has 8 heteroatoms. The molecule has 3 aromatic rings. The van der Waals surface area contributed by atoms with Crippen molar-refractivity contribution in [1.29, 1.82) is 5.26 Å². The summed E-state index contributed by atoms with van der Waals surface area (Å²) in [5.74, 6) is 0.362. The summed E-state index contributed by atoms with van der Waals surface area (Å²) in [6.07, 6.45) is 4.09. The number of nitrogens with zero attached hydrogens (tertiary/aromatic N) is 4.